The second-order valence-electron chi connectivity index (χ2n) is 6.97. The quantitative estimate of drug-likeness (QED) is 0.703. The molecule has 0 unspecified atom stereocenters. The number of nitrogens with one attached hydrogen (secondary N) is 2. The first kappa shape index (κ1) is 14.9. The molecule has 2 heteroatoms. The smallest absolute Gasteiger partial charge is 0.0582 e. The Morgan fingerprint density at radius 1 is 0.800 bits per heavy atom. The fraction of sp³-hybridized carbons (Fsp3) is 1.00. The molecule has 0 saturated carbocycles. The van der Waals surface area contributed by atoms with Crippen LogP contribution in [0.15, 0.2) is 0 Å². The lowest BCUT2D eigenvalue weighted by atomic mass is 10.0. The average Bonchev–Trinajstić information content (AvgIpc) is 1.73. The third kappa shape index (κ3) is 10.2. The Morgan fingerprint density at radius 3 is 1.33 bits per heavy atom. The van der Waals surface area contributed by atoms with Gasteiger partial charge in [0.25, 0.3) is 0 Å². The van der Waals surface area contributed by atoms with Gasteiger partial charge in [-0.25, -0.2) is 0 Å². The molecule has 0 heterocycles. The molecule has 0 amide bonds. The summed E-state index contributed by atoms with van der Waals surface area (Å²) in [5.74, 6) is 0.708. The molecule has 0 fully saturated rings. The minimum absolute atomic E-state index is 0.164. The van der Waals surface area contributed by atoms with Crippen molar-refractivity contribution >= 4 is 0 Å². The van der Waals surface area contributed by atoms with Gasteiger partial charge in [0.15, 0.2) is 0 Å². The zero-order valence-electron chi connectivity index (χ0n) is 11.9. The molecule has 0 radical (unpaired) electrons. The van der Waals surface area contributed by atoms with Crippen LogP contribution >= 0.6 is 0 Å². The molecule has 0 aliphatic carbocycles. The summed E-state index contributed by atoms with van der Waals surface area (Å²) >= 11 is 0. The van der Waals surface area contributed by atoms with Gasteiger partial charge in [-0.2, -0.15) is 0 Å². The van der Waals surface area contributed by atoms with Crippen molar-refractivity contribution in [2.45, 2.75) is 79.1 Å². The van der Waals surface area contributed by atoms with Gasteiger partial charge in [-0.15, -0.1) is 0 Å². The zero-order valence-corrected chi connectivity index (χ0v) is 11.9. The Hall–Kier alpha value is -0.0800. The monoisotopic (exact) mass is 214 g/mol. The topological polar surface area (TPSA) is 24.1 Å². The van der Waals surface area contributed by atoms with Crippen LogP contribution in [0.4, 0.5) is 0 Å². The van der Waals surface area contributed by atoms with E-state index in [4.69, 9.17) is 0 Å². The summed E-state index contributed by atoms with van der Waals surface area (Å²) in [6.07, 6.45) is 1.55. The van der Waals surface area contributed by atoms with Gasteiger partial charge in [-0.1, -0.05) is 13.8 Å². The SMILES string of the molecule is CC(C)CC(NC(C)(C)C)NC(C)(C)C. The first-order valence-corrected chi connectivity index (χ1v) is 6.05. The molecule has 0 aliphatic rings. The summed E-state index contributed by atoms with van der Waals surface area (Å²) in [4.78, 5) is 0. The van der Waals surface area contributed by atoms with Gasteiger partial charge in [-0.3, -0.25) is 10.6 Å². The van der Waals surface area contributed by atoms with E-state index in [0.29, 0.717) is 12.1 Å². The highest BCUT2D eigenvalue weighted by atomic mass is 15.2. The van der Waals surface area contributed by atoms with Gasteiger partial charge in [-0.05, 0) is 53.9 Å². The Bertz CT molecular complexity index is 156. The van der Waals surface area contributed by atoms with E-state index in [2.05, 4.69) is 66.0 Å². The van der Waals surface area contributed by atoms with Crippen LogP contribution < -0.4 is 10.6 Å². The average molecular weight is 214 g/mol. The van der Waals surface area contributed by atoms with E-state index >= 15 is 0 Å². The van der Waals surface area contributed by atoms with Gasteiger partial charge in [0.05, 0.1) is 6.17 Å². The van der Waals surface area contributed by atoms with E-state index in [1.807, 2.05) is 0 Å². The molecule has 2 N–H and O–H groups in total. The summed E-state index contributed by atoms with van der Waals surface area (Å²) in [5, 5.41) is 7.27. The number of hydrogen-bond donors (Lipinski definition) is 2. The maximum absolute atomic E-state index is 3.63. The molecule has 0 saturated heterocycles. The lowest BCUT2D eigenvalue weighted by Gasteiger charge is -2.35. The molecule has 0 aromatic carbocycles. The van der Waals surface area contributed by atoms with Crippen molar-refractivity contribution in [1.82, 2.24) is 10.6 Å². The minimum atomic E-state index is 0.164. The lowest BCUT2D eigenvalue weighted by molar-refractivity contribution is 0.235. The van der Waals surface area contributed by atoms with Crippen LogP contribution in [-0.4, -0.2) is 17.2 Å². The third-order valence-corrected chi connectivity index (χ3v) is 1.92. The molecule has 15 heavy (non-hydrogen) atoms. The Morgan fingerprint density at radius 2 is 1.13 bits per heavy atom. The molecule has 0 rings (SSSR count). The molecule has 0 bridgehead atoms. The van der Waals surface area contributed by atoms with Gasteiger partial charge in [0, 0.05) is 11.1 Å². The minimum Gasteiger partial charge on any atom is -0.297 e. The highest BCUT2D eigenvalue weighted by Gasteiger charge is 2.22. The largest absolute Gasteiger partial charge is 0.297 e. The van der Waals surface area contributed by atoms with Crippen molar-refractivity contribution in [3.8, 4) is 0 Å². The second-order valence-corrected chi connectivity index (χ2v) is 6.97. The standard InChI is InChI=1S/C13H30N2/c1-10(2)9-11(14-12(3,4)5)15-13(6,7)8/h10-11,14-15H,9H2,1-8H3. The lowest BCUT2D eigenvalue weighted by Crippen LogP contribution is -2.56. The first-order valence-electron chi connectivity index (χ1n) is 6.05. The van der Waals surface area contributed by atoms with Crippen molar-refractivity contribution in [2.24, 2.45) is 5.92 Å². The summed E-state index contributed by atoms with van der Waals surface area (Å²) in [6.45, 7) is 17.8. The molecule has 0 spiro atoms. The van der Waals surface area contributed by atoms with Crippen LogP contribution in [-0.2, 0) is 0 Å². The second kappa shape index (κ2) is 5.31. The van der Waals surface area contributed by atoms with Crippen LogP contribution in [0.3, 0.4) is 0 Å². The Kier molecular flexibility index (Phi) is 5.28. The fourth-order valence-electron chi connectivity index (χ4n) is 1.67. The molecule has 0 aromatic heterocycles. The van der Waals surface area contributed by atoms with Crippen LogP contribution in [0, 0.1) is 5.92 Å². The zero-order chi connectivity index (χ0) is 12.3. The number of hydrogen-bond acceptors (Lipinski definition) is 2. The normalized spacial score (nSPS) is 14.0. The fourth-order valence-corrected chi connectivity index (χ4v) is 1.67. The van der Waals surface area contributed by atoms with Crippen molar-refractivity contribution < 1.29 is 0 Å². The van der Waals surface area contributed by atoms with Crippen molar-refractivity contribution in [3.05, 3.63) is 0 Å². The molecule has 92 valence electrons. The Balaban J connectivity index is 4.32. The van der Waals surface area contributed by atoms with E-state index in [-0.39, 0.29) is 11.1 Å². The van der Waals surface area contributed by atoms with Crippen LogP contribution in [0.2, 0.25) is 0 Å². The molecule has 0 atom stereocenters. The van der Waals surface area contributed by atoms with Gasteiger partial charge in [0.1, 0.15) is 0 Å². The highest BCUT2D eigenvalue weighted by Crippen LogP contribution is 2.11. The highest BCUT2D eigenvalue weighted by molar-refractivity contribution is 4.82. The van der Waals surface area contributed by atoms with Gasteiger partial charge < -0.3 is 0 Å². The van der Waals surface area contributed by atoms with E-state index in [1.54, 1.807) is 0 Å². The van der Waals surface area contributed by atoms with Crippen LogP contribution in [0.25, 0.3) is 0 Å². The maximum Gasteiger partial charge on any atom is 0.0582 e. The number of rotatable bonds is 4. The summed E-state index contributed by atoms with van der Waals surface area (Å²) in [7, 11) is 0. The van der Waals surface area contributed by atoms with E-state index < -0.39 is 0 Å². The van der Waals surface area contributed by atoms with E-state index in [9.17, 15) is 0 Å². The van der Waals surface area contributed by atoms with Gasteiger partial charge >= 0.3 is 0 Å². The molecule has 0 aromatic rings. The molecule has 0 aliphatic heterocycles. The third-order valence-electron chi connectivity index (χ3n) is 1.92. The maximum atomic E-state index is 3.63. The van der Waals surface area contributed by atoms with Crippen molar-refractivity contribution in [3.63, 3.8) is 0 Å². The van der Waals surface area contributed by atoms with E-state index in [1.165, 1.54) is 0 Å². The van der Waals surface area contributed by atoms with E-state index in [0.717, 1.165) is 6.42 Å². The summed E-state index contributed by atoms with van der Waals surface area (Å²) in [6, 6.07) is 0. The van der Waals surface area contributed by atoms with Gasteiger partial charge in [0.2, 0.25) is 0 Å². The summed E-state index contributed by atoms with van der Waals surface area (Å²) < 4.78 is 0. The molecular weight excluding hydrogens is 184 g/mol. The first-order chi connectivity index (χ1) is 6.49. The molecular formula is C13H30N2. The van der Waals surface area contributed by atoms with Crippen molar-refractivity contribution in [2.75, 3.05) is 0 Å². The predicted molar refractivity (Wildman–Crippen MR) is 69.0 cm³/mol. The van der Waals surface area contributed by atoms with Crippen molar-refractivity contribution in [1.29, 1.82) is 0 Å². The van der Waals surface area contributed by atoms with Crippen LogP contribution in [0.1, 0.15) is 61.8 Å². The Labute approximate surface area is 96.2 Å². The predicted octanol–water partition coefficient (Wildman–Crippen LogP) is 3.13. The molecule has 2 nitrogen and oxygen atoms in total. The summed E-state index contributed by atoms with van der Waals surface area (Å²) in [5.41, 5.74) is 0.329. The van der Waals surface area contributed by atoms with Crippen LogP contribution in [0.5, 0.6) is 0 Å².